The van der Waals surface area contributed by atoms with Gasteiger partial charge in [-0.05, 0) is 13.3 Å². The second kappa shape index (κ2) is 16.4. The van der Waals surface area contributed by atoms with Gasteiger partial charge < -0.3 is 18.9 Å². The maximum Gasteiger partial charge on any atom is 0.305 e. The number of carbonyl (C=O) groups is 1. The highest BCUT2D eigenvalue weighted by Crippen LogP contribution is 2.03. The minimum absolute atomic E-state index is 0.127. The average molecular weight is 290 g/mol. The van der Waals surface area contributed by atoms with Crippen LogP contribution in [0.15, 0.2) is 0 Å². The maximum absolute atomic E-state index is 11.3. The first-order chi connectivity index (χ1) is 9.81. The summed E-state index contributed by atoms with van der Waals surface area (Å²) < 4.78 is 20.8. The van der Waals surface area contributed by atoms with Crippen LogP contribution in [0.3, 0.4) is 0 Å². The first kappa shape index (κ1) is 19.4. The lowest BCUT2D eigenvalue weighted by molar-refractivity contribution is -0.145. The summed E-state index contributed by atoms with van der Waals surface area (Å²) in [5, 5.41) is 0. The SMILES string of the molecule is CCCCCCC(=O)OCCOCCOCCOCC. The Labute approximate surface area is 122 Å². The van der Waals surface area contributed by atoms with Crippen molar-refractivity contribution >= 4 is 5.97 Å². The molecule has 0 aliphatic rings. The van der Waals surface area contributed by atoms with Crippen LogP contribution in [0.25, 0.3) is 0 Å². The quantitative estimate of drug-likeness (QED) is 0.343. The molecule has 20 heavy (non-hydrogen) atoms. The lowest BCUT2D eigenvalue weighted by Crippen LogP contribution is -2.13. The standard InChI is InChI=1S/C15H30O5/c1-3-5-6-7-8-15(16)20-14-13-19-12-11-18-10-9-17-4-2/h3-14H2,1-2H3. The van der Waals surface area contributed by atoms with Crippen molar-refractivity contribution in [1.82, 2.24) is 0 Å². The Kier molecular flexibility index (Phi) is 15.9. The highest BCUT2D eigenvalue weighted by molar-refractivity contribution is 5.69. The molecule has 0 aromatic heterocycles. The summed E-state index contributed by atoms with van der Waals surface area (Å²) in [6.07, 6.45) is 4.89. The summed E-state index contributed by atoms with van der Waals surface area (Å²) in [6.45, 7) is 7.82. The van der Waals surface area contributed by atoms with Gasteiger partial charge in [0.2, 0.25) is 0 Å². The Morgan fingerprint density at radius 1 is 0.750 bits per heavy atom. The van der Waals surface area contributed by atoms with Crippen LogP contribution in [-0.4, -0.2) is 52.2 Å². The fourth-order valence-electron chi connectivity index (χ4n) is 1.57. The number of hydrogen-bond donors (Lipinski definition) is 0. The highest BCUT2D eigenvalue weighted by atomic mass is 16.6. The van der Waals surface area contributed by atoms with Crippen molar-refractivity contribution in [2.45, 2.75) is 46.0 Å². The third kappa shape index (κ3) is 15.4. The molecule has 0 saturated carbocycles. The summed E-state index contributed by atoms with van der Waals surface area (Å²) in [4.78, 5) is 11.3. The van der Waals surface area contributed by atoms with E-state index >= 15 is 0 Å². The van der Waals surface area contributed by atoms with Gasteiger partial charge in [-0.1, -0.05) is 26.2 Å². The topological polar surface area (TPSA) is 54.0 Å². The molecule has 120 valence electrons. The van der Waals surface area contributed by atoms with E-state index in [-0.39, 0.29) is 5.97 Å². The minimum Gasteiger partial charge on any atom is -0.463 e. The minimum atomic E-state index is -0.127. The van der Waals surface area contributed by atoms with Gasteiger partial charge in [0.05, 0.1) is 33.0 Å². The number of rotatable bonds is 15. The molecule has 0 aromatic rings. The number of ether oxygens (including phenoxy) is 4. The molecule has 0 aliphatic carbocycles. The zero-order valence-electron chi connectivity index (χ0n) is 13.0. The van der Waals surface area contributed by atoms with E-state index in [1.54, 1.807) is 0 Å². The predicted molar refractivity (Wildman–Crippen MR) is 77.8 cm³/mol. The Morgan fingerprint density at radius 2 is 1.35 bits per heavy atom. The van der Waals surface area contributed by atoms with Crippen molar-refractivity contribution in [1.29, 1.82) is 0 Å². The van der Waals surface area contributed by atoms with Crippen molar-refractivity contribution in [3.8, 4) is 0 Å². The molecule has 0 amide bonds. The molecule has 0 heterocycles. The van der Waals surface area contributed by atoms with Crippen LogP contribution < -0.4 is 0 Å². The van der Waals surface area contributed by atoms with Gasteiger partial charge in [-0.15, -0.1) is 0 Å². The zero-order chi connectivity index (χ0) is 14.9. The molecule has 0 aliphatic heterocycles. The molecule has 0 atom stereocenters. The van der Waals surface area contributed by atoms with Crippen molar-refractivity contribution in [2.75, 3.05) is 46.2 Å². The first-order valence-corrected chi connectivity index (χ1v) is 7.70. The molecular weight excluding hydrogens is 260 g/mol. The van der Waals surface area contributed by atoms with E-state index < -0.39 is 0 Å². The van der Waals surface area contributed by atoms with E-state index in [0.29, 0.717) is 52.7 Å². The molecule has 0 N–H and O–H groups in total. The molecule has 0 unspecified atom stereocenters. The molecule has 0 spiro atoms. The van der Waals surface area contributed by atoms with Gasteiger partial charge in [0.15, 0.2) is 0 Å². The van der Waals surface area contributed by atoms with Gasteiger partial charge >= 0.3 is 5.97 Å². The number of unbranched alkanes of at least 4 members (excludes halogenated alkanes) is 3. The lowest BCUT2D eigenvalue weighted by atomic mass is 10.2. The van der Waals surface area contributed by atoms with Gasteiger partial charge in [0, 0.05) is 13.0 Å². The van der Waals surface area contributed by atoms with Gasteiger partial charge in [-0.2, -0.15) is 0 Å². The normalized spacial score (nSPS) is 10.7. The first-order valence-electron chi connectivity index (χ1n) is 7.70. The number of carbonyl (C=O) groups excluding carboxylic acids is 1. The van der Waals surface area contributed by atoms with Crippen LogP contribution >= 0.6 is 0 Å². The summed E-state index contributed by atoms with van der Waals surface area (Å²) in [7, 11) is 0. The fraction of sp³-hybridized carbons (Fsp3) is 0.933. The predicted octanol–water partition coefficient (Wildman–Crippen LogP) is 2.57. The Morgan fingerprint density at radius 3 is 1.95 bits per heavy atom. The second-order valence-electron chi connectivity index (χ2n) is 4.45. The molecule has 0 aromatic carbocycles. The van der Waals surface area contributed by atoms with Crippen molar-refractivity contribution in [3.05, 3.63) is 0 Å². The summed E-state index contributed by atoms with van der Waals surface area (Å²) >= 11 is 0. The third-order valence-corrected chi connectivity index (χ3v) is 2.67. The van der Waals surface area contributed by atoms with E-state index in [1.165, 1.54) is 12.8 Å². The van der Waals surface area contributed by atoms with E-state index in [9.17, 15) is 4.79 Å². The van der Waals surface area contributed by atoms with Gasteiger partial charge in [0.25, 0.3) is 0 Å². The summed E-state index contributed by atoms with van der Waals surface area (Å²) in [5.41, 5.74) is 0. The Balaban J connectivity index is 3.09. The second-order valence-corrected chi connectivity index (χ2v) is 4.45. The largest absolute Gasteiger partial charge is 0.463 e. The molecule has 0 rings (SSSR count). The van der Waals surface area contributed by atoms with Gasteiger partial charge in [-0.25, -0.2) is 0 Å². The Hall–Kier alpha value is -0.650. The van der Waals surface area contributed by atoms with Crippen LogP contribution in [-0.2, 0) is 23.7 Å². The Bertz CT molecular complexity index is 208. The highest BCUT2D eigenvalue weighted by Gasteiger charge is 2.01. The third-order valence-electron chi connectivity index (χ3n) is 2.67. The smallest absolute Gasteiger partial charge is 0.305 e. The lowest BCUT2D eigenvalue weighted by Gasteiger charge is -2.07. The van der Waals surface area contributed by atoms with Crippen LogP contribution in [0.2, 0.25) is 0 Å². The summed E-state index contributed by atoms with van der Waals surface area (Å²) in [5.74, 6) is -0.127. The number of hydrogen-bond acceptors (Lipinski definition) is 5. The molecule has 5 heteroatoms. The fourth-order valence-corrected chi connectivity index (χ4v) is 1.57. The van der Waals surface area contributed by atoms with Crippen molar-refractivity contribution < 1.29 is 23.7 Å². The maximum atomic E-state index is 11.3. The number of esters is 1. The molecule has 0 bridgehead atoms. The van der Waals surface area contributed by atoms with E-state index in [0.717, 1.165) is 12.8 Å². The molecule has 0 fully saturated rings. The monoisotopic (exact) mass is 290 g/mol. The molecule has 5 nitrogen and oxygen atoms in total. The van der Waals surface area contributed by atoms with Crippen LogP contribution in [0.4, 0.5) is 0 Å². The van der Waals surface area contributed by atoms with Crippen LogP contribution in [0.5, 0.6) is 0 Å². The van der Waals surface area contributed by atoms with Gasteiger partial charge in [0.1, 0.15) is 6.61 Å². The van der Waals surface area contributed by atoms with Gasteiger partial charge in [-0.3, -0.25) is 4.79 Å². The van der Waals surface area contributed by atoms with Crippen LogP contribution in [0, 0.1) is 0 Å². The van der Waals surface area contributed by atoms with Crippen molar-refractivity contribution in [3.63, 3.8) is 0 Å². The molecule has 0 saturated heterocycles. The summed E-state index contributed by atoms with van der Waals surface area (Å²) in [6, 6.07) is 0. The average Bonchev–Trinajstić information content (AvgIpc) is 2.45. The molecule has 0 radical (unpaired) electrons. The van der Waals surface area contributed by atoms with E-state index in [2.05, 4.69) is 6.92 Å². The van der Waals surface area contributed by atoms with E-state index in [1.807, 2.05) is 6.92 Å². The van der Waals surface area contributed by atoms with Crippen LogP contribution in [0.1, 0.15) is 46.0 Å². The molecular formula is C15H30O5. The van der Waals surface area contributed by atoms with Crippen molar-refractivity contribution in [2.24, 2.45) is 0 Å². The van der Waals surface area contributed by atoms with E-state index in [4.69, 9.17) is 18.9 Å². The zero-order valence-corrected chi connectivity index (χ0v) is 13.0.